The summed E-state index contributed by atoms with van der Waals surface area (Å²) in [4.78, 5) is 2.72. The molecule has 2 heteroatoms. The summed E-state index contributed by atoms with van der Waals surface area (Å²) in [5.41, 5.74) is 0. The lowest BCUT2D eigenvalue weighted by atomic mass is 9.77. The van der Waals surface area contributed by atoms with Crippen molar-refractivity contribution in [2.45, 2.75) is 84.2 Å². The van der Waals surface area contributed by atoms with Crippen LogP contribution in [-0.4, -0.2) is 37.1 Å². The highest BCUT2D eigenvalue weighted by atomic mass is 15.1. The molecule has 0 amide bonds. The van der Waals surface area contributed by atoms with E-state index in [0.717, 1.165) is 29.8 Å². The predicted octanol–water partition coefficient (Wildman–Crippen LogP) is 4.30. The highest BCUT2D eigenvalue weighted by molar-refractivity contribution is 4.88. The smallest absolute Gasteiger partial charge is 0.0118 e. The van der Waals surface area contributed by atoms with Crippen molar-refractivity contribution in [2.24, 2.45) is 17.8 Å². The van der Waals surface area contributed by atoms with Crippen LogP contribution in [0.1, 0.15) is 72.1 Å². The fourth-order valence-electron chi connectivity index (χ4n) is 4.76. The summed E-state index contributed by atoms with van der Waals surface area (Å²) in [6.07, 6.45) is 11.2. The van der Waals surface area contributed by atoms with Gasteiger partial charge in [-0.2, -0.15) is 0 Å². The minimum Gasteiger partial charge on any atom is -0.314 e. The minimum atomic E-state index is 0.766. The third-order valence-corrected chi connectivity index (χ3v) is 6.06. The number of rotatable bonds is 6. The number of hydrogen-bond donors (Lipinski definition) is 1. The molecule has 0 bridgehead atoms. The van der Waals surface area contributed by atoms with Gasteiger partial charge in [-0.05, 0) is 69.9 Å². The summed E-state index contributed by atoms with van der Waals surface area (Å²) >= 11 is 0. The van der Waals surface area contributed by atoms with E-state index < -0.39 is 0 Å². The molecular weight excluding hydrogens is 256 g/mol. The summed E-state index contributed by atoms with van der Waals surface area (Å²) in [6.45, 7) is 9.70. The molecule has 0 aromatic carbocycles. The molecule has 0 aromatic rings. The SMILES string of the molecule is CCCNC1CCC(C)CC1CN(C)C1CCCCC1C. The van der Waals surface area contributed by atoms with Crippen LogP contribution < -0.4 is 5.32 Å². The zero-order chi connectivity index (χ0) is 15.2. The van der Waals surface area contributed by atoms with Gasteiger partial charge in [0.1, 0.15) is 0 Å². The average Bonchev–Trinajstić information content (AvgIpc) is 2.47. The van der Waals surface area contributed by atoms with E-state index in [1.807, 2.05) is 0 Å². The van der Waals surface area contributed by atoms with Crippen LogP contribution >= 0.6 is 0 Å². The maximum Gasteiger partial charge on any atom is 0.0118 e. The molecule has 0 aromatic heterocycles. The Bertz CT molecular complexity index is 289. The highest BCUT2D eigenvalue weighted by Crippen LogP contribution is 2.32. The van der Waals surface area contributed by atoms with Crippen molar-refractivity contribution in [1.29, 1.82) is 0 Å². The molecule has 0 saturated heterocycles. The minimum absolute atomic E-state index is 0.766. The molecule has 2 fully saturated rings. The monoisotopic (exact) mass is 294 g/mol. The summed E-state index contributed by atoms with van der Waals surface area (Å²) in [6, 6.07) is 1.60. The van der Waals surface area contributed by atoms with Gasteiger partial charge in [-0.1, -0.05) is 33.6 Å². The molecule has 2 nitrogen and oxygen atoms in total. The molecule has 2 rings (SSSR count). The molecule has 0 aliphatic heterocycles. The summed E-state index contributed by atoms with van der Waals surface area (Å²) in [5, 5.41) is 3.83. The van der Waals surface area contributed by atoms with Crippen LogP contribution in [0, 0.1) is 17.8 Å². The van der Waals surface area contributed by atoms with Crippen LogP contribution in [0.2, 0.25) is 0 Å². The fraction of sp³-hybridized carbons (Fsp3) is 1.00. The van der Waals surface area contributed by atoms with Crippen molar-refractivity contribution in [2.75, 3.05) is 20.1 Å². The van der Waals surface area contributed by atoms with E-state index in [4.69, 9.17) is 0 Å². The molecule has 0 spiro atoms. The lowest BCUT2D eigenvalue weighted by molar-refractivity contribution is 0.0906. The molecule has 124 valence electrons. The van der Waals surface area contributed by atoms with Gasteiger partial charge in [0.15, 0.2) is 0 Å². The first-order valence-corrected chi connectivity index (χ1v) is 9.55. The topological polar surface area (TPSA) is 15.3 Å². The molecule has 0 heterocycles. The number of nitrogens with zero attached hydrogens (tertiary/aromatic N) is 1. The Kier molecular flexibility index (Phi) is 7.01. The third-order valence-electron chi connectivity index (χ3n) is 6.06. The van der Waals surface area contributed by atoms with Gasteiger partial charge in [-0.3, -0.25) is 0 Å². The maximum atomic E-state index is 3.83. The van der Waals surface area contributed by atoms with E-state index in [1.165, 1.54) is 64.5 Å². The first kappa shape index (κ1) is 17.3. The van der Waals surface area contributed by atoms with Crippen molar-refractivity contribution in [3.63, 3.8) is 0 Å². The lowest BCUT2D eigenvalue weighted by Crippen LogP contribution is -2.48. The molecule has 2 aliphatic carbocycles. The molecule has 1 N–H and O–H groups in total. The van der Waals surface area contributed by atoms with Crippen LogP contribution in [0.3, 0.4) is 0 Å². The lowest BCUT2D eigenvalue weighted by Gasteiger charge is -2.42. The van der Waals surface area contributed by atoms with Gasteiger partial charge in [0.2, 0.25) is 0 Å². The number of hydrogen-bond acceptors (Lipinski definition) is 2. The third kappa shape index (κ3) is 4.96. The van der Waals surface area contributed by atoms with Crippen LogP contribution in [0.25, 0.3) is 0 Å². The summed E-state index contributed by atoms with van der Waals surface area (Å²) in [5.74, 6) is 2.68. The Labute approximate surface area is 133 Å². The largest absolute Gasteiger partial charge is 0.314 e. The van der Waals surface area contributed by atoms with Gasteiger partial charge >= 0.3 is 0 Å². The van der Waals surface area contributed by atoms with Crippen molar-refractivity contribution < 1.29 is 0 Å². The molecular formula is C19H38N2. The van der Waals surface area contributed by atoms with Crippen LogP contribution in [0.4, 0.5) is 0 Å². The number of nitrogens with one attached hydrogen (secondary N) is 1. The Balaban J connectivity index is 1.89. The van der Waals surface area contributed by atoms with E-state index in [9.17, 15) is 0 Å². The van der Waals surface area contributed by atoms with Crippen LogP contribution in [-0.2, 0) is 0 Å². The van der Waals surface area contributed by atoms with Gasteiger partial charge in [-0.25, -0.2) is 0 Å². The first-order chi connectivity index (χ1) is 10.1. The Morgan fingerprint density at radius 2 is 1.81 bits per heavy atom. The van der Waals surface area contributed by atoms with Gasteiger partial charge < -0.3 is 10.2 Å². The zero-order valence-electron chi connectivity index (χ0n) is 14.9. The van der Waals surface area contributed by atoms with Crippen molar-refractivity contribution in [3.8, 4) is 0 Å². The second kappa shape index (κ2) is 8.53. The molecule has 0 radical (unpaired) electrons. The predicted molar refractivity (Wildman–Crippen MR) is 92.6 cm³/mol. The van der Waals surface area contributed by atoms with Gasteiger partial charge in [-0.15, -0.1) is 0 Å². The standard InChI is InChI=1S/C19H38N2/c1-5-12-20-18-11-10-15(2)13-17(18)14-21(4)19-9-7-6-8-16(19)3/h15-20H,5-14H2,1-4H3. The second-order valence-corrected chi connectivity index (χ2v) is 8.01. The molecule has 21 heavy (non-hydrogen) atoms. The average molecular weight is 295 g/mol. The highest BCUT2D eigenvalue weighted by Gasteiger charge is 2.32. The van der Waals surface area contributed by atoms with E-state index in [1.54, 1.807) is 0 Å². The first-order valence-electron chi connectivity index (χ1n) is 9.55. The zero-order valence-corrected chi connectivity index (χ0v) is 14.9. The van der Waals surface area contributed by atoms with Crippen molar-refractivity contribution >= 4 is 0 Å². The van der Waals surface area contributed by atoms with Gasteiger partial charge in [0, 0.05) is 18.6 Å². The molecule has 5 unspecified atom stereocenters. The maximum absolute atomic E-state index is 3.83. The van der Waals surface area contributed by atoms with Crippen molar-refractivity contribution in [3.05, 3.63) is 0 Å². The summed E-state index contributed by atoms with van der Waals surface area (Å²) < 4.78 is 0. The van der Waals surface area contributed by atoms with E-state index in [2.05, 4.69) is 38.0 Å². The molecule has 2 saturated carbocycles. The summed E-state index contributed by atoms with van der Waals surface area (Å²) in [7, 11) is 2.39. The van der Waals surface area contributed by atoms with Crippen LogP contribution in [0.5, 0.6) is 0 Å². The van der Waals surface area contributed by atoms with Crippen molar-refractivity contribution in [1.82, 2.24) is 10.2 Å². The Morgan fingerprint density at radius 3 is 2.52 bits per heavy atom. The van der Waals surface area contributed by atoms with E-state index in [0.29, 0.717) is 0 Å². The van der Waals surface area contributed by atoms with Gasteiger partial charge in [0.25, 0.3) is 0 Å². The van der Waals surface area contributed by atoms with E-state index >= 15 is 0 Å². The second-order valence-electron chi connectivity index (χ2n) is 8.01. The van der Waals surface area contributed by atoms with Crippen LogP contribution in [0.15, 0.2) is 0 Å². The van der Waals surface area contributed by atoms with E-state index in [-0.39, 0.29) is 0 Å². The molecule has 2 aliphatic rings. The fourth-order valence-corrected chi connectivity index (χ4v) is 4.76. The van der Waals surface area contributed by atoms with Gasteiger partial charge in [0.05, 0.1) is 0 Å². The Morgan fingerprint density at radius 1 is 1.05 bits per heavy atom. The Hall–Kier alpha value is -0.0800. The normalized spacial score (nSPS) is 37.9. The molecule has 5 atom stereocenters. The quantitative estimate of drug-likeness (QED) is 0.785.